The van der Waals surface area contributed by atoms with Crippen LogP contribution >= 0.6 is 0 Å². The Morgan fingerprint density at radius 2 is 1.89 bits per heavy atom. The summed E-state index contributed by atoms with van der Waals surface area (Å²) in [7, 11) is 0. The summed E-state index contributed by atoms with van der Waals surface area (Å²) in [6.45, 7) is 3.99. The summed E-state index contributed by atoms with van der Waals surface area (Å²) in [5.41, 5.74) is 8.29. The quantitative estimate of drug-likeness (QED) is 0.772. The van der Waals surface area contributed by atoms with Gasteiger partial charge in [-0.3, -0.25) is 0 Å². The molecule has 0 amide bonds. The monoisotopic (exact) mass is 248 g/mol. The van der Waals surface area contributed by atoms with Crippen molar-refractivity contribution in [3.8, 4) is 0 Å². The van der Waals surface area contributed by atoms with Gasteiger partial charge in [0.25, 0.3) is 0 Å². The van der Waals surface area contributed by atoms with Gasteiger partial charge in [0.1, 0.15) is 5.82 Å². The van der Waals surface area contributed by atoms with Crippen LogP contribution in [0.2, 0.25) is 0 Å². The highest BCUT2D eigenvalue weighted by Crippen LogP contribution is 2.38. The van der Waals surface area contributed by atoms with Crippen LogP contribution in [0.1, 0.15) is 31.2 Å². The predicted octanol–water partition coefficient (Wildman–Crippen LogP) is 3.34. The number of rotatable bonds is 1. The number of anilines is 2. The first kappa shape index (κ1) is 11.8. The Labute approximate surface area is 108 Å². The number of fused-ring (bicyclic) bond motifs is 2. The van der Waals surface area contributed by atoms with Gasteiger partial charge < -0.3 is 10.6 Å². The van der Waals surface area contributed by atoms with Crippen molar-refractivity contribution in [3.63, 3.8) is 0 Å². The van der Waals surface area contributed by atoms with E-state index in [0.29, 0.717) is 11.3 Å². The zero-order valence-electron chi connectivity index (χ0n) is 11.0. The Hall–Kier alpha value is -1.25. The number of hydrogen-bond donors (Lipinski definition) is 1. The lowest BCUT2D eigenvalue weighted by Gasteiger charge is -2.43. The van der Waals surface area contributed by atoms with Gasteiger partial charge >= 0.3 is 0 Å². The van der Waals surface area contributed by atoms with E-state index in [-0.39, 0.29) is 5.82 Å². The van der Waals surface area contributed by atoms with E-state index in [4.69, 9.17) is 5.73 Å². The van der Waals surface area contributed by atoms with E-state index in [0.717, 1.165) is 30.6 Å². The van der Waals surface area contributed by atoms with E-state index < -0.39 is 0 Å². The van der Waals surface area contributed by atoms with Crippen LogP contribution in [0.3, 0.4) is 0 Å². The average molecular weight is 248 g/mol. The largest absolute Gasteiger partial charge is 0.397 e. The van der Waals surface area contributed by atoms with Crippen LogP contribution in [0.4, 0.5) is 15.8 Å². The Bertz CT molecular complexity index is 446. The number of nitrogen functional groups attached to an aromatic ring is 1. The lowest BCUT2D eigenvalue weighted by molar-refractivity contribution is 0.231. The standard InChI is InChI=1S/C15H21FN2/c1-10-5-15(14(17)7-13(10)16)18-8-11-3-2-4-12(6-11)9-18/h5,7,11-12H,2-4,6,8-9,17H2,1H3. The molecule has 2 aliphatic rings. The third-order valence-electron chi connectivity index (χ3n) is 4.50. The maximum atomic E-state index is 13.5. The van der Waals surface area contributed by atoms with Gasteiger partial charge in [0.05, 0.1) is 11.4 Å². The second-order valence-corrected chi connectivity index (χ2v) is 5.96. The minimum Gasteiger partial charge on any atom is -0.397 e. The fraction of sp³-hybridized carbons (Fsp3) is 0.600. The molecular weight excluding hydrogens is 227 g/mol. The molecule has 2 atom stereocenters. The van der Waals surface area contributed by atoms with Crippen molar-refractivity contribution in [2.45, 2.75) is 32.6 Å². The Balaban J connectivity index is 1.88. The summed E-state index contributed by atoms with van der Waals surface area (Å²) in [4.78, 5) is 2.37. The lowest BCUT2D eigenvalue weighted by atomic mass is 9.78. The van der Waals surface area contributed by atoms with Crippen molar-refractivity contribution < 1.29 is 4.39 Å². The molecule has 2 fully saturated rings. The number of hydrogen-bond acceptors (Lipinski definition) is 2. The molecule has 3 rings (SSSR count). The zero-order chi connectivity index (χ0) is 12.7. The van der Waals surface area contributed by atoms with Crippen molar-refractivity contribution in [3.05, 3.63) is 23.5 Å². The van der Waals surface area contributed by atoms with E-state index in [1.54, 1.807) is 0 Å². The molecule has 3 heteroatoms. The van der Waals surface area contributed by atoms with Crippen molar-refractivity contribution in [1.29, 1.82) is 0 Å². The molecule has 2 unspecified atom stereocenters. The summed E-state index contributed by atoms with van der Waals surface area (Å²) in [6, 6.07) is 3.38. The maximum Gasteiger partial charge on any atom is 0.128 e. The first-order valence-electron chi connectivity index (χ1n) is 6.94. The molecule has 0 spiro atoms. The number of aryl methyl sites for hydroxylation is 1. The molecular formula is C15H21FN2. The first-order valence-corrected chi connectivity index (χ1v) is 6.94. The van der Waals surface area contributed by atoms with Crippen LogP contribution < -0.4 is 10.6 Å². The molecule has 1 saturated carbocycles. The van der Waals surface area contributed by atoms with Gasteiger partial charge in [0.15, 0.2) is 0 Å². The van der Waals surface area contributed by atoms with Crippen LogP contribution in [-0.2, 0) is 0 Å². The van der Waals surface area contributed by atoms with Gasteiger partial charge in [-0.05, 0) is 55.7 Å². The highest BCUT2D eigenvalue weighted by Gasteiger charge is 2.31. The molecule has 2 nitrogen and oxygen atoms in total. The van der Waals surface area contributed by atoms with E-state index in [1.165, 1.54) is 31.7 Å². The number of benzene rings is 1. The normalized spacial score (nSPS) is 27.3. The molecule has 0 aromatic heterocycles. The van der Waals surface area contributed by atoms with Gasteiger partial charge in [-0.25, -0.2) is 4.39 Å². The summed E-state index contributed by atoms with van der Waals surface area (Å²) in [5, 5.41) is 0. The first-order chi connectivity index (χ1) is 8.63. The highest BCUT2D eigenvalue weighted by atomic mass is 19.1. The molecule has 1 aliphatic carbocycles. The van der Waals surface area contributed by atoms with Gasteiger partial charge in [0, 0.05) is 13.1 Å². The van der Waals surface area contributed by atoms with Gasteiger partial charge in [-0.15, -0.1) is 0 Å². The minimum absolute atomic E-state index is 0.201. The third-order valence-corrected chi connectivity index (χ3v) is 4.50. The average Bonchev–Trinajstić information content (AvgIpc) is 2.33. The van der Waals surface area contributed by atoms with Gasteiger partial charge in [-0.1, -0.05) is 6.42 Å². The Morgan fingerprint density at radius 3 is 2.56 bits per heavy atom. The summed E-state index contributed by atoms with van der Waals surface area (Å²) >= 11 is 0. The molecule has 1 heterocycles. The fourth-order valence-corrected chi connectivity index (χ4v) is 3.58. The Kier molecular flexibility index (Phi) is 2.92. The maximum absolute atomic E-state index is 13.5. The van der Waals surface area contributed by atoms with E-state index in [2.05, 4.69) is 4.90 Å². The van der Waals surface area contributed by atoms with Crippen LogP contribution in [-0.4, -0.2) is 13.1 Å². The number of nitrogens with zero attached hydrogens (tertiary/aromatic N) is 1. The van der Waals surface area contributed by atoms with E-state index >= 15 is 0 Å². The highest BCUT2D eigenvalue weighted by molar-refractivity contribution is 5.69. The second kappa shape index (κ2) is 4.45. The summed E-state index contributed by atoms with van der Waals surface area (Å²) in [6.07, 6.45) is 5.43. The number of piperidine rings is 1. The van der Waals surface area contributed by atoms with Gasteiger partial charge in [0.2, 0.25) is 0 Å². The van der Waals surface area contributed by atoms with Crippen molar-refractivity contribution >= 4 is 11.4 Å². The molecule has 1 aromatic carbocycles. The molecule has 2 N–H and O–H groups in total. The molecule has 98 valence electrons. The smallest absolute Gasteiger partial charge is 0.128 e. The molecule has 18 heavy (non-hydrogen) atoms. The van der Waals surface area contributed by atoms with E-state index in [1.807, 2.05) is 13.0 Å². The molecule has 0 radical (unpaired) electrons. The summed E-state index contributed by atoms with van der Waals surface area (Å²) < 4.78 is 13.5. The van der Waals surface area contributed by atoms with Gasteiger partial charge in [-0.2, -0.15) is 0 Å². The zero-order valence-corrected chi connectivity index (χ0v) is 11.0. The van der Waals surface area contributed by atoms with Crippen molar-refractivity contribution in [1.82, 2.24) is 0 Å². The number of halogens is 1. The lowest BCUT2D eigenvalue weighted by Crippen LogP contribution is -2.43. The minimum atomic E-state index is -0.201. The molecule has 1 aromatic rings. The van der Waals surface area contributed by atoms with Crippen LogP contribution in [0.25, 0.3) is 0 Å². The fourth-order valence-electron chi connectivity index (χ4n) is 3.58. The SMILES string of the molecule is Cc1cc(N2CC3CCCC(C3)C2)c(N)cc1F. The topological polar surface area (TPSA) is 29.3 Å². The second-order valence-electron chi connectivity index (χ2n) is 5.96. The third kappa shape index (κ3) is 2.06. The molecule has 1 aliphatic heterocycles. The predicted molar refractivity (Wildman–Crippen MR) is 73.2 cm³/mol. The molecule has 1 saturated heterocycles. The van der Waals surface area contributed by atoms with Crippen LogP contribution in [0.15, 0.2) is 12.1 Å². The number of nitrogens with two attached hydrogens (primary N) is 1. The summed E-state index contributed by atoms with van der Waals surface area (Å²) in [5.74, 6) is 1.41. The van der Waals surface area contributed by atoms with E-state index in [9.17, 15) is 4.39 Å². The Morgan fingerprint density at radius 1 is 1.22 bits per heavy atom. The van der Waals surface area contributed by atoms with Crippen molar-refractivity contribution in [2.24, 2.45) is 11.8 Å². The van der Waals surface area contributed by atoms with Crippen LogP contribution in [0.5, 0.6) is 0 Å². The van der Waals surface area contributed by atoms with Crippen molar-refractivity contribution in [2.75, 3.05) is 23.7 Å². The molecule has 2 bridgehead atoms. The van der Waals surface area contributed by atoms with Crippen LogP contribution in [0, 0.1) is 24.6 Å².